The number of nitrogens with zero attached hydrogens (tertiary/aromatic N) is 1. The number of esters is 1. The summed E-state index contributed by atoms with van der Waals surface area (Å²) < 4.78 is 5.03. The molecule has 1 aliphatic rings. The van der Waals surface area contributed by atoms with Gasteiger partial charge in [-0.15, -0.1) is 0 Å². The van der Waals surface area contributed by atoms with Gasteiger partial charge in [-0.3, -0.25) is 9.69 Å². The molecule has 0 aromatic carbocycles. The van der Waals surface area contributed by atoms with E-state index in [9.17, 15) is 4.79 Å². The van der Waals surface area contributed by atoms with Crippen molar-refractivity contribution in [3.8, 4) is 0 Å². The monoisotopic (exact) mass is 223 g/mol. The highest BCUT2D eigenvalue weighted by atomic mass is 16.5. The van der Waals surface area contributed by atoms with Crippen LogP contribution in [0.4, 0.5) is 0 Å². The van der Waals surface area contributed by atoms with Crippen molar-refractivity contribution in [3.63, 3.8) is 0 Å². The molecule has 0 spiro atoms. The van der Waals surface area contributed by atoms with Gasteiger partial charge in [0.2, 0.25) is 0 Å². The topological polar surface area (TPSA) is 29.5 Å². The minimum absolute atomic E-state index is 0.0373. The van der Waals surface area contributed by atoms with Gasteiger partial charge in [0.15, 0.2) is 0 Å². The quantitative estimate of drug-likeness (QED) is 0.527. The lowest BCUT2D eigenvalue weighted by atomic mass is 9.97. The Hall–Kier alpha value is -1.09. The third-order valence-electron chi connectivity index (χ3n) is 2.92. The predicted molar refractivity (Wildman–Crippen MR) is 65.1 cm³/mol. The van der Waals surface area contributed by atoms with Crippen LogP contribution in [0.25, 0.3) is 0 Å². The van der Waals surface area contributed by atoms with E-state index in [-0.39, 0.29) is 11.9 Å². The molecule has 0 unspecified atom stereocenters. The molecule has 0 aromatic heterocycles. The summed E-state index contributed by atoms with van der Waals surface area (Å²) in [6, 6.07) is 0. The first-order valence-electron chi connectivity index (χ1n) is 5.86. The van der Waals surface area contributed by atoms with Crippen LogP contribution in [0.3, 0.4) is 0 Å². The summed E-state index contributed by atoms with van der Waals surface area (Å²) in [6.45, 7) is 12.7. The minimum atomic E-state index is -0.0373. The number of rotatable bonds is 5. The summed E-state index contributed by atoms with van der Waals surface area (Å²) in [5.74, 6) is 0.0536. The van der Waals surface area contributed by atoms with E-state index >= 15 is 0 Å². The molecule has 0 aliphatic carbocycles. The Bertz CT molecular complexity index is 265. The van der Waals surface area contributed by atoms with Gasteiger partial charge in [0.05, 0.1) is 12.5 Å². The molecule has 1 rings (SSSR count). The zero-order chi connectivity index (χ0) is 12.0. The molecular weight excluding hydrogens is 202 g/mol. The largest absolute Gasteiger partial charge is 0.466 e. The molecular formula is C13H21NO2. The Balaban J connectivity index is 2.30. The van der Waals surface area contributed by atoms with E-state index in [1.807, 2.05) is 6.92 Å². The normalized spacial score (nSPS) is 18.1. The highest BCUT2D eigenvalue weighted by molar-refractivity contribution is 5.72. The van der Waals surface area contributed by atoms with Crippen LogP contribution >= 0.6 is 0 Å². The summed E-state index contributed by atoms with van der Waals surface area (Å²) in [4.78, 5) is 13.8. The van der Waals surface area contributed by atoms with Crippen LogP contribution in [0.1, 0.15) is 19.8 Å². The smallest absolute Gasteiger partial charge is 0.309 e. The molecule has 0 amide bonds. The second kappa shape index (κ2) is 6.48. The fraction of sp³-hybridized carbons (Fsp3) is 0.615. The zero-order valence-corrected chi connectivity index (χ0v) is 10.1. The van der Waals surface area contributed by atoms with Crippen LogP contribution in [-0.2, 0) is 9.53 Å². The molecule has 0 atom stereocenters. The standard InChI is InChI=1S/C13H21NO2/c1-4-11(3)10-14-8-6-12(7-9-14)13(15)16-5-2/h4,12H,1,3,5-10H2,2H3. The number of likely N-dealkylation sites (tertiary alicyclic amines) is 1. The molecule has 16 heavy (non-hydrogen) atoms. The van der Waals surface area contributed by atoms with E-state index < -0.39 is 0 Å². The SMILES string of the molecule is C=CC(=C)CN1CCC(C(=O)OCC)CC1. The second-order valence-electron chi connectivity index (χ2n) is 4.16. The van der Waals surface area contributed by atoms with Gasteiger partial charge in [0.25, 0.3) is 0 Å². The molecule has 3 heteroatoms. The van der Waals surface area contributed by atoms with Crippen molar-refractivity contribution in [1.29, 1.82) is 0 Å². The fourth-order valence-electron chi connectivity index (χ4n) is 1.94. The van der Waals surface area contributed by atoms with Crippen molar-refractivity contribution in [2.24, 2.45) is 5.92 Å². The van der Waals surface area contributed by atoms with Crippen LogP contribution in [0.5, 0.6) is 0 Å². The van der Waals surface area contributed by atoms with Crippen LogP contribution < -0.4 is 0 Å². The molecule has 3 nitrogen and oxygen atoms in total. The maximum atomic E-state index is 11.5. The van der Waals surface area contributed by atoms with Crippen LogP contribution in [-0.4, -0.2) is 37.1 Å². The average Bonchev–Trinajstić information content (AvgIpc) is 2.30. The average molecular weight is 223 g/mol. The van der Waals surface area contributed by atoms with Gasteiger partial charge in [0, 0.05) is 6.54 Å². The van der Waals surface area contributed by atoms with Gasteiger partial charge in [-0.05, 0) is 38.4 Å². The number of hydrogen-bond donors (Lipinski definition) is 0. The summed E-state index contributed by atoms with van der Waals surface area (Å²) in [7, 11) is 0. The third kappa shape index (κ3) is 3.81. The predicted octanol–water partition coefficient (Wildman–Crippen LogP) is 2.00. The zero-order valence-electron chi connectivity index (χ0n) is 10.1. The molecule has 1 heterocycles. The lowest BCUT2D eigenvalue weighted by molar-refractivity contribution is -0.149. The van der Waals surface area contributed by atoms with Crippen molar-refractivity contribution >= 4 is 5.97 Å². The fourth-order valence-corrected chi connectivity index (χ4v) is 1.94. The lowest BCUT2D eigenvalue weighted by Gasteiger charge is -2.30. The van der Waals surface area contributed by atoms with Crippen LogP contribution in [0, 0.1) is 5.92 Å². The van der Waals surface area contributed by atoms with Gasteiger partial charge in [-0.2, -0.15) is 0 Å². The number of piperidine rings is 1. The summed E-state index contributed by atoms with van der Waals surface area (Å²) in [6.07, 6.45) is 3.57. The van der Waals surface area contributed by atoms with Gasteiger partial charge in [-0.1, -0.05) is 19.2 Å². The Morgan fingerprint density at radius 1 is 1.50 bits per heavy atom. The van der Waals surface area contributed by atoms with E-state index in [0.717, 1.165) is 38.0 Å². The van der Waals surface area contributed by atoms with Crippen LogP contribution in [0.2, 0.25) is 0 Å². The summed E-state index contributed by atoms with van der Waals surface area (Å²) in [5.41, 5.74) is 1.04. The van der Waals surface area contributed by atoms with E-state index in [4.69, 9.17) is 4.74 Å². The minimum Gasteiger partial charge on any atom is -0.466 e. The second-order valence-corrected chi connectivity index (χ2v) is 4.16. The van der Waals surface area contributed by atoms with Crippen molar-refractivity contribution in [1.82, 2.24) is 4.90 Å². The van der Waals surface area contributed by atoms with E-state index in [1.54, 1.807) is 6.08 Å². The maximum Gasteiger partial charge on any atom is 0.309 e. The molecule has 0 bridgehead atoms. The first-order chi connectivity index (χ1) is 7.67. The molecule has 0 aromatic rings. The number of ether oxygens (including phenoxy) is 1. The number of hydrogen-bond acceptors (Lipinski definition) is 3. The van der Waals surface area contributed by atoms with Gasteiger partial charge in [0.1, 0.15) is 0 Å². The van der Waals surface area contributed by atoms with Gasteiger partial charge < -0.3 is 4.74 Å². The Morgan fingerprint density at radius 3 is 2.62 bits per heavy atom. The molecule has 0 saturated carbocycles. The first kappa shape index (κ1) is 13.0. The Labute approximate surface area is 97.8 Å². The molecule has 0 radical (unpaired) electrons. The highest BCUT2D eigenvalue weighted by Crippen LogP contribution is 2.19. The maximum absolute atomic E-state index is 11.5. The summed E-state index contributed by atoms with van der Waals surface area (Å²) in [5, 5.41) is 0. The molecule has 1 aliphatic heterocycles. The third-order valence-corrected chi connectivity index (χ3v) is 2.92. The first-order valence-corrected chi connectivity index (χ1v) is 5.86. The summed E-state index contributed by atoms with van der Waals surface area (Å²) >= 11 is 0. The molecule has 0 N–H and O–H groups in total. The van der Waals surface area contributed by atoms with Crippen molar-refractivity contribution in [3.05, 3.63) is 24.8 Å². The number of carbonyl (C=O) groups excluding carboxylic acids is 1. The Kier molecular flexibility index (Phi) is 5.26. The molecule has 1 fully saturated rings. The Morgan fingerprint density at radius 2 is 2.12 bits per heavy atom. The van der Waals surface area contributed by atoms with Gasteiger partial charge in [-0.25, -0.2) is 0 Å². The molecule has 90 valence electrons. The van der Waals surface area contributed by atoms with E-state index in [0.29, 0.717) is 6.61 Å². The van der Waals surface area contributed by atoms with Gasteiger partial charge >= 0.3 is 5.97 Å². The highest BCUT2D eigenvalue weighted by Gasteiger charge is 2.25. The van der Waals surface area contributed by atoms with Crippen molar-refractivity contribution in [2.45, 2.75) is 19.8 Å². The van der Waals surface area contributed by atoms with E-state index in [1.165, 1.54) is 0 Å². The van der Waals surface area contributed by atoms with E-state index in [2.05, 4.69) is 18.1 Å². The van der Waals surface area contributed by atoms with Crippen molar-refractivity contribution in [2.75, 3.05) is 26.2 Å². The van der Waals surface area contributed by atoms with Crippen LogP contribution in [0.15, 0.2) is 24.8 Å². The lowest BCUT2D eigenvalue weighted by Crippen LogP contribution is -2.37. The van der Waals surface area contributed by atoms with Crippen molar-refractivity contribution < 1.29 is 9.53 Å². The number of carbonyl (C=O) groups is 1. The molecule has 1 saturated heterocycles.